The summed E-state index contributed by atoms with van der Waals surface area (Å²) in [5.74, 6) is 0.720. The predicted octanol–water partition coefficient (Wildman–Crippen LogP) is 2.85. The van der Waals surface area contributed by atoms with Crippen LogP contribution in [0.1, 0.15) is 5.56 Å². The summed E-state index contributed by atoms with van der Waals surface area (Å²) in [6.45, 7) is 0.200. The van der Waals surface area contributed by atoms with Gasteiger partial charge in [-0.15, -0.1) is 0 Å². The number of fused-ring (bicyclic) bond motifs is 1. The van der Waals surface area contributed by atoms with E-state index in [1.807, 2.05) is 30.3 Å². The van der Waals surface area contributed by atoms with Crippen molar-refractivity contribution in [3.63, 3.8) is 0 Å². The molecule has 0 spiro atoms. The predicted molar refractivity (Wildman–Crippen MR) is 111 cm³/mol. The van der Waals surface area contributed by atoms with Gasteiger partial charge in [0.15, 0.2) is 0 Å². The fourth-order valence-corrected chi connectivity index (χ4v) is 3.26. The number of hydrogen-bond donors (Lipinski definition) is 1. The lowest BCUT2D eigenvalue weighted by atomic mass is 10.1. The van der Waals surface area contributed by atoms with Crippen molar-refractivity contribution in [2.75, 3.05) is 0 Å². The van der Waals surface area contributed by atoms with Crippen LogP contribution in [0.25, 0.3) is 33.7 Å². The summed E-state index contributed by atoms with van der Waals surface area (Å²) < 4.78 is 6.55. The molecule has 1 N–H and O–H groups in total. The molecule has 3 aromatic heterocycles. The second kappa shape index (κ2) is 7.25. The van der Waals surface area contributed by atoms with Gasteiger partial charge in [0.25, 0.3) is 11.4 Å². The second-order valence-corrected chi connectivity index (χ2v) is 6.73. The highest BCUT2D eigenvalue weighted by Gasteiger charge is 2.14. The van der Waals surface area contributed by atoms with E-state index < -0.39 is 5.69 Å². The van der Waals surface area contributed by atoms with Crippen LogP contribution >= 0.6 is 0 Å². The van der Waals surface area contributed by atoms with Gasteiger partial charge in [-0.25, -0.2) is 4.79 Å². The molecule has 5 rings (SSSR count). The van der Waals surface area contributed by atoms with E-state index in [0.29, 0.717) is 22.3 Å². The number of rotatable bonds is 4. The van der Waals surface area contributed by atoms with Crippen LogP contribution in [0.15, 0.2) is 87.2 Å². The highest BCUT2D eigenvalue weighted by Crippen LogP contribution is 2.23. The normalized spacial score (nSPS) is 11.1. The fraction of sp³-hybridized carbons (Fsp3) is 0.0455. The van der Waals surface area contributed by atoms with Crippen LogP contribution < -0.4 is 11.2 Å². The Balaban J connectivity index is 1.54. The van der Waals surface area contributed by atoms with Gasteiger partial charge < -0.3 is 9.51 Å². The van der Waals surface area contributed by atoms with E-state index >= 15 is 0 Å². The first-order valence-corrected chi connectivity index (χ1v) is 9.24. The lowest BCUT2D eigenvalue weighted by molar-refractivity contribution is 0.432. The van der Waals surface area contributed by atoms with Gasteiger partial charge in [0.1, 0.15) is 0 Å². The summed E-state index contributed by atoms with van der Waals surface area (Å²) in [5.41, 5.74) is 1.83. The zero-order valence-electron chi connectivity index (χ0n) is 15.6. The van der Waals surface area contributed by atoms with Crippen molar-refractivity contribution in [2.24, 2.45) is 0 Å². The summed E-state index contributed by atoms with van der Waals surface area (Å²) in [6, 6.07) is 18.0. The molecule has 0 saturated heterocycles. The van der Waals surface area contributed by atoms with Crippen LogP contribution in [0, 0.1) is 0 Å². The molecule has 5 aromatic rings. The van der Waals surface area contributed by atoms with E-state index in [4.69, 9.17) is 4.52 Å². The van der Waals surface area contributed by atoms with Gasteiger partial charge in [0, 0.05) is 23.5 Å². The number of nitrogens with one attached hydrogen (secondary N) is 1. The van der Waals surface area contributed by atoms with Gasteiger partial charge in [0.2, 0.25) is 5.82 Å². The summed E-state index contributed by atoms with van der Waals surface area (Å²) in [4.78, 5) is 36.6. The van der Waals surface area contributed by atoms with Gasteiger partial charge in [-0.05, 0) is 35.9 Å². The molecule has 2 aromatic carbocycles. The quantitative estimate of drug-likeness (QED) is 0.500. The standard InChI is InChI=1S/C22H15N5O3/c28-21-17-7-6-16(20-25-19(26-30-20)15-8-10-23-11-9-15)12-18(17)24-22(29)27(21)13-14-4-2-1-3-5-14/h1-12H,13H2,(H,24,29). The van der Waals surface area contributed by atoms with Crippen molar-refractivity contribution < 1.29 is 4.52 Å². The molecular formula is C22H15N5O3. The maximum atomic E-state index is 12.9. The molecule has 0 fully saturated rings. The molecule has 0 aliphatic rings. The smallest absolute Gasteiger partial charge is 0.329 e. The van der Waals surface area contributed by atoms with Gasteiger partial charge >= 0.3 is 5.69 Å². The maximum Gasteiger partial charge on any atom is 0.329 e. The van der Waals surface area contributed by atoms with Crippen molar-refractivity contribution in [2.45, 2.75) is 6.54 Å². The Bertz CT molecular complexity index is 1450. The van der Waals surface area contributed by atoms with Crippen LogP contribution in [0.3, 0.4) is 0 Å². The second-order valence-electron chi connectivity index (χ2n) is 6.73. The third kappa shape index (κ3) is 3.20. The Morgan fingerprint density at radius 2 is 1.73 bits per heavy atom. The van der Waals surface area contributed by atoms with Crippen molar-refractivity contribution in [3.8, 4) is 22.8 Å². The topological polar surface area (TPSA) is 107 Å². The first-order valence-electron chi connectivity index (χ1n) is 9.24. The van der Waals surface area contributed by atoms with E-state index in [-0.39, 0.29) is 18.0 Å². The zero-order chi connectivity index (χ0) is 20.5. The highest BCUT2D eigenvalue weighted by atomic mass is 16.5. The molecule has 8 nitrogen and oxygen atoms in total. The molecule has 0 amide bonds. The Hall–Kier alpha value is -4.33. The highest BCUT2D eigenvalue weighted by molar-refractivity contribution is 5.82. The first kappa shape index (κ1) is 17.7. The number of benzene rings is 2. The minimum atomic E-state index is -0.475. The van der Waals surface area contributed by atoms with Crippen molar-refractivity contribution >= 4 is 10.9 Å². The van der Waals surface area contributed by atoms with Crippen LogP contribution in [-0.2, 0) is 6.54 Å². The van der Waals surface area contributed by atoms with E-state index in [1.54, 1.807) is 42.7 Å². The monoisotopic (exact) mass is 397 g/mol. The SMILES string of the molecule is O=c1[nH]c2cc(-c3nc(-c4ccncc4)no3)ccc2c(=O)n1Cc1ccccc1. The molecule has 0 saturated carbocycles. The zero-order valence-corrected chi connectivity index (χ0v) is 15.6. The Morgan fingerprint density at radius 1 is 0.933 bits per heavy atom. The molecule has 30 heavy (non-hydrogen) atoms. The molecule has 0 unspecified atom stereocenters. The number of aromatic amines is 1. The van der Waals surface area contributed by atoms with Crippen LogP contribution in [-0.4, -0.2) is 24.7 Å². The van der Waals surface area contributed by atoms with Crippen molar-refractivity contribution in [1.29, 1.82) is 0 Å². The van der Waals surface area contributed by atoms with E-state index in [0.717, 1.165) is 11.1 Å². The minimum Gasteiger partial charge on any atom is -0.334 e. The number of hydrogen-bond acceptors (Lipinski definition) is 6. The number of H-pyrrole nitrogens is 1. The molecule has 8 heteroatoms. The molecule has 0 atom stereocenters. The lowest BCUT2D eigenvalue weighted by Crippen LogP contribution is -2.35. The summed E-state index contributed by atoms with van der Waals surface area (Å²) in [6.07, 6.45) is 3.29. The van der Waals surface area contributed by atoms with Crippen molar-refractivity contribution in [1.82, 2.24) is 24.7 Å². The molecule has 146 valence electrons. The van der Waals surface area contributed by atoms with Gasteiger partial charge in [-0.2, -0.15) is 4.98 Å². The molecule has 3 heterocycles. The van der Waals surface area contributed by atoms with Crippen molar-refractivity contribution in [3.05, 3.63) is 99.5 Å². The number of pyridine rings is 1. The molecule has 0 aliphatic carbocycles. The van der Waals surface area contributed by atoms with Gasteiger partial charge in [0.05, 0.1) is 17.4 Å². The molecule has 0 bridgehead atoms. The van der Waals surface area contributed by atoms with Crippen LogP contribution in [0.4, 0.5) is 0 Å². The Morgan fingerprint density at radius 3 is 2.53 bits per heavy atom. The largest absolute Gasteiger partial charge is 0.334 e. The molecular weight excluding hydrogens is 382 g/mol. The third-order valence-electron chi connectivity index (χ3n) is 4.78. The third-order valence-corrected chi connectivity index (χ3v) is 4.78. The van der Waals surface area contributed by atoms with Crippen LogP contribution in [0.5, 0.6) is 0 Å². The van der Waals surface area contributed by atoms with E-state index in [9.17, 15) is 9.59 Å². The minimum absolute atomic E-state index is 0.200. The Kier molecular flexibility index (Phi) is 4.29. The average molecular weight is 397 g/mol. The lowest BCUT2D eigenvalue weighted by Gasteiger charge is -2.07. The summed E-state index contributed by atoms with van der Waals surface area (Å²) >= 11 is 0. The fourth-order valence-electron chi connectivity index (χ4n) is 3.26. The summed E-state index contributed by atoms with van der Waals surface area (Å²) in [7, 11) is 0. The number of aromatic nitrogens is 5. The van der Waals surface area contributed by atoms with E-state index in [1.165, 1.54) is 4.57 Å². The maximum absolute atomic E-state index is 12.9. The molecule has 0 aliphatic heterocycles. The molecule has 0 radical (unpaired) electrons. The van der Waals surface area contributed by atoms with E-state index in [2.05, 4.69) is 20.1 Å². The van der Waals surface area contributed by atoms with Crippen LogP contribution in [0.2, 0.25) is 0 Å². The Labute approximate surface area is 169 Å². The summed E-state index contributed by atoms with van der Waals surface area (Å²) in [5, 5.41) is 4.39. The number of nitrogens with zero attached hydrogens (tertiary/aromatic N) is 4. The average Bonchev–Trinajstić information content (AvgIpc) is 3.28. The first-order chi connectivity index (χ1) is 14.7. The van der Waals surface area contributed by atoms with Gasteiger partial charge in [-0.1, -0.05) is 35.5 Å². The van der Waals surface area contributed by atoms with Gasteiger partial charge in [-0.3, -0.25) is 14.3 Å².